The van der Waals surface area contributed by atoms with Crippen LogP contribution in [0.25, 0.3) is 17.0 Å². The molecule has 1 aromatic carbocycles. The highest BCUT2D eigenvalue weighted by Crippen LogP contribution is 2.25. The summed E-state index contributed by atoms with van der Waals surface area (Å²) in [5, 5.41) is 8.04. The molecule has 41 heavy (non-hydrogen) atoms. The Labute approximate surface area is 241 Å². The average molecular weight is 563 g/mol. The summed E-state index contributed by atoms with van der Waals surface area (Å²) in [6, 6.07) is 7.24. The van der Waals surface area contributed by atoms with Gasteiger partial charge in [-0.2, -0.15) is 0 Å². The summed E-state index contributed by atoms with van der Waals surface area (Å²) in [5.74, 6) is -1.43. The first kappa shape index (κ1) is 30.2. The molecule has 220 valence electrons. The molecule has 0 saturated carbocycles. The number of hydrogen-bond acceptors (Lipinski definition) is 6. The second kappa shape index (κ2) is 12.0. The highest BCUT2D eigenvalue weighted by Gasteiger charge is 2.36. The van der Waals surface area contributed by atoms with E-state index in [1.807, 2.05) is 63.3 Å². The minimum Gasteiger partial charge on any atom is -0.343 e. The van der Waals surface area contributed by atoms with Crippen LogP contribution in [0.5, 0.6) is 0 Å². The summed E-state index contributed by atoms with van der Waals surface area (Å²) < 4.78 is 0. The van der Waals surface area contributed by atoms with E-state index in [2.05, 4.69) is 16.1 Å². The molecule has 0 radical (unpaired) electrons. The van der Waals surface area contributed by atoms with Crippen LogP contribution in [0.2, 0.25) is 0 Å². The molecule has 4 amide bonds. The topological polar surface area (TPSA) is 124 Å². The van der Waals surface area contributed by atoms with Gasteiger partial charge in [0.05, 0.1) is 22.7 Å². The SMILES string of the molecule is CC(C)[C@@H]1NC(=O)C(C)(C)C=Cc2ccc3ccc(nc3c2)[C@@H](C)N(C)C(=O)[C@@H]2CCCN(N2)C(=O)[C@H](C)NC1=O. The van der Waals surface area contributed by atoms with Crippen molar-refractivity contribution in [3.05, 3.63) is 47.7 Å². The zero-order chi connectivity index (χ0) is 30.1. The van der Waals surface area contributed by atoms with Gasteiger partial charge in [-0.25, -0.2) is 5.43 Å². The molecule has 3 N–H and O–H groups in total. The number of carbonyl (C=O) groups excluding carboxylic acids is 4. The van der Waals surface area contributed by atoms with Crippen LogP contribution in [0.1, 0.15) is 71.7 Å². The molecule has 2 aliphatic heterocycles. The molecule has 5 bridgehead atoms. The van der Waals surface area contributed by atoms with Crippen molar-refractivity contribution in [2.24, 2.45) is 11.3 Å². The van der Waals surface area contributed by atoms with Gasteiger partial charge in [-0.1, -0.05) is 44.2 Å². The number of hydrazine groups is 1. The number of rotatable bonds is 1. The van der Waals surface area contributed by atoms with Gasteiger partial charge in [0, 0.05) is 19.0 Å². The molecule has 0 aliphatic carbocycles. The first-order valence-electron chi connectivity index (χ1n) is 14.3. The summed E-state index contributed by atoms with van der Waals surface area (Å²) in [4.78, 5) is 59.9. The second-order valence-corrected chi connectivity index (χ2v) is 12.1. The molecule has 4 atom stereocenters. The van der Waals surface area contributed by atoms with Crippen LogP contribution in [-0.4, -0.2) is 70.2 Å². The molecule has 10 heteroatoms. The largest absolute Gasteiger partial charge is 0.343 e. The van der Waals surface area contributed by atoms with Gasteiger partial charge in [-0.15, -0.1) is 0 Å². The molecule has 0 unspecified atom stereocenters. The zero-order valence-electron chi connectivity index (χ0n) is 25.0. The van der Waals surface area contributed by atoms with Crippen molar-refractivity contribution >= 4 is 40.6 Å². The van der Waals surface area contributed by atoms with Gasteiger partial charge in [0.2, 0.25) is 17.7 Å². The van der Waals surface area contributed by atoms with Crippen LogP contribution in [0.4, 0.5) is 0 Å². The van der Waals surface area contributed by atoms with Crippen molar-refractivity contribution in [3.8, 4) is 0 Å². The Balaban J connectivity index is 1.73. The van der Waals surface area contributed by atoms with Gasteiger partial charge < -0.3 is 15.5 Å². The summed E-state index contributed by atoms with van der Waals surface area (Å²) in [7, 11) is 1.75. The van der Waals surface area contributed by atoms with Crippen molar-refractivity contribution < 1.29 is 19.2 Å². The second-order valence-electron chi connectivity index (χ2n) is 12.1. The number of fused-ring (bicyclic) bond motifs is 4. The van der Waals surface area contributed by atoms with Crippen molar-refractivity contribution in [3.63, 3.8) is 0 Å². The molecule has 1 saturated heterocycles. The van der Waals surface area contributed by atoms with Crippen LogP contribution in [0, 0.1) is 11.3 Å². The Morgan fingerprint density at radius 3 is 2.41 bits per heavy atom. The Bertz CT molecular complexity index is 1370. The Morgan fingerprint density at radius 1 is 1.00 bits per heavy atom. The number of amides is 4. The fourth-order valence-corrected chi connectivity index (χ4v) is 5.09. The minimum atomic E-state index is -0.915. The molecular formula is C31H42N6O4. The maximum absolute atomic E-state index is 13.5. The van der Waals surface area contributed by atoms with E-state index in [9.17, 15) is 19.2 Å². The summed E-state index contributed by atoms with van der Waals surface area (Å²) in [6.07, 6.45) is 4.91. The van der Waals surface area contributed by atoms with Gasteiger partial charge in [0.1, 0.15) is 18.1 Å². The van der Waals surface area contributed by atoms with Crippen molar-refractivity contribution in [2.45, 2.75) is 78.6 Å². The Kier molecular flexibility index (Phi) is 8.82. The van der Waals surface area contributed by atoms with E-state index in [0.717, 1.165) is 22.2 Å². The third kappa shape index (κ3) is 6.59. The molecule has 3 heterocycles. The third-order valence-corrected chi connectivity index (χ3v) is 8.09. The number of carbonyl (C=O) groups is 4. The average Bonchev–Trinajstić information content (AvgIpc) is 2.95. The van der Waals surface area contributed by atoms with E-state index >= 15 is 0 Å². The first-order chi connectivity index (χ1) is 19.3. The number of nitrogens with zero attached hydrogens (tertiary/aromatic N) is 3. The molecule has 2 aliphatic rings. The van der Waals surface area contributed by atoms with Crippen LogP contribution in [0.3, 0.4) is 0 Å². The summed E-state index contributed by atoms with van der Waals surface area (Å²) >= 11 is 0. The van der Waals surface area contributed by atoms with E-state index in [1.165, 1.54) is 5.01 Å². The highest BCUT2D eigenvalue weighted by atomic mass is 16.2. The molecule has 1 aromatic heterocycles. The van der Waals surface area contributed by atoms with Crippen LogP contribution in [0.15, 0.2) is 36.4 Å². The highest BCUT2D eigenvalue weighted by molar-refractivity contribution is 5.94. The van der Waals surface area contributed by atoms with E-state index in [0.29, 0.717) is 19.4 Å². The normalized spacial score (nSPS) is 26.3. The smallest absolute Gasteiger partial charge is 0.258 e. The molecular weight excluding hydrogens is 520 g/mol. The molecule has 2 aromatic rings. The van der Waals surface area contributed by atoms with Crippen LogP contribution >= 0.6 is 0 Å². The van der Waals surface area contributed by atoms with Gasteiger partial charge in [0.25, 0.3) is 5.91 Å². The fraction of sp³-hybridized carbons (Fsp3) is 0.516. The zero-order valence-corrected chi connectivity index (χ0v) is 25.0. The lowest BCUT2D eigenvalue weighted by Gasteiger charge is -2.37. The number of aromatic nitrogens is 1. The van der Waals surface area contributed by atoms with E-state index in [1.54, 1.807) is 32.7 Å². The van der Waals surface area contributed by atoms with Gasteiger partial charge in [-0.05, 0) is 64.2 Å². The number of benzene rings is 1. The lowest BCUT2D eigenvalue weighted by molar-refractivity contribution is -0.146. The Hall–Kier alpha value is -3.79. The van der Waals surface area contributed by atoms with E-state index in [4.69, 9.17) is 4.98 Å². The Morgan fingerprint density at radius 2 is 1.71 bits per heavy atom. The van der Waals surface area contributed by atoms with Crippen LogP contribution in [-0.2, 0) is 19.2 Å². The van der Waals surface area contributed by atoms with Gasteiger partial charge >= 0.3 is 0 Å². The van der Waals surface area contributed by atoms with Crippen molar-refractivity contribution in [1.82, 2.24) is 31.0 Å². The van der Waals surface area contributed by atoms with Crippen LogP contribution < -0.4 is 16.1 Å². The molecule has 4 rings (SSSR count). The lowest BCUT2D eigenvalue weighted by atomic mass is 9.89. The lowest BCUT2D eigenvalue weighted by Crippen LogP contribution is -2.62. The van der Waals surface area contributed by atoms with Gasteiger partial charge in [-0.3, -0.25) is 29.2 Å². The van der Waals surface area contributed by atoms with Crippen molar-refractivity contribution in [2.75, 3.05) is 13.6 Å². The number of hydrogen-bond donors (Lipinski definition) is 3. The number of nitrogens with one attached hydrogen (secondary N) is 3. The number of pyridine rings is 1. The number of likely N-dealkylation sites (N-methyl/N-ethyl adjacent to an activating group) is 1. The first-order valence-corrected chi connectivity index (χ1v) is 14.3. The summed E-state index contributed by atoms with van der Waals surface area (Å²) in [6.45, 7) is 11.2. The predicted octanol–water partition coefficient (Wildman–Crippen LogP) is 2.95. The predicted molar refractivity (Wildman–Crippen MR) is 158 cm³/mol. The monoisotopic (exact) mass is 562 g/mol. The van der Waals surface area contributed by atoms with E-state index in [-0.39, 0.29) is 29.7 Å². The maximum atomic E-state index is 13.5. The quantitative estimate of drug-likeness (QED) is 0.491. The van der Waals surface area contributed by atoms with Crippen molar-refractivity contribution in [1.29, 1.82) is 0 Å². The molecule has 10 nitrogen and oxygen atoms in total. The fourth-order valence-electron chi connectivity index (χ4n) is 5.09. The minimum absolute atomic E-state index is 0.138. The third-order valence-electron chi connectivity index (χ3n) is 8.09. The standard InChI is InChI=1S/C31H42N6O4/c1-18(2)26-27(38)32-19(3)28(39)37-16-8-9-24(35-37)29(40)36(7)20(4)23-13-12-22-11-10-21(17-25(22)33-23)14-15-31(5,6)30(41)34-26/h10-15,17-20,24,26,35H,8-9,16H2,1-7H3,(H,32,38)(H,34,41)/t19-,20+,24-,26-/m0/s1. The van der Waals surface area contributed by atoms with E-state index < -0.39 is 29.4 Å². The molecule has 1 fully saturated rings. The molecule has 0 spiro atoms. The summed E-state index contributed by atoms with van der Waals surface area (Å²) in [5.41, 5.74) is 4.58. The maximum Gasteiger partial charge on any atom is 0.258 e. The van der Waals surface area contributed by atoms with Gasteiger partial charge in [0.15, 0.2) is 0 Å².